The molecule has 1 aromatic rings. The van der Waals surface area contributed by atoms with Gasteiger partial charge < -0.3 is 10.2 Å². The standard InChI is InChI=1S/C15H18N2O/c1-16-12-14-8-5-11-17(14)15(18)10-9-13-6-3-2-4-7-13/h2-4,6-7,14,16H,5,8,11-12H2,1H3. The van der Waals surface area contributed by atoms with E-state index in [1.807, 2.05) is 42.3 Å². The van der Waals surface area contributed by atoms with Gasteiger partial charge in [-0.25, -0.2) is 0 Å². The van der Waals surface area contributed by atoms with Gasteiger partial charge in [0.25, 0.3) is 5.91 Å². The number of nitrogens with one attached hydrogen (secondary N) is 1. The first kappa shape index (κ1) is 12.7. The Bertz CT molecular complexity index is 458. The SMILES string of the molecule is CNCC1CCCN1C(=O)C#Cc1ccccc1. The lowest BCUT2D eigenvalue weighted by molar-refractivity contribution is -0.125. The van der Waals surface area contributed by atoms with Crippen molar-refractivity contribution < 1.29 is 4.79 Å². The van der Waals surface area contributed by atoms with Crippen molar-refractivity contribution in [2.75, 3.05) is 20.1 Å². The molecule has 3 heteroatoms. The van der Waals surface area contributed by atoms with Gasteiger partial charge in [0, 0.05) is 30.6 Å². The number of nitrogens with zero attached hydrogens (tertiary/aromatic N) is 1. The lowest BCUT2D eigenvalue weighted by Crippen LogP contribution is -2.40. The molecule has 94 valence electrons. The smallest absolute Gasteiger partial charge is 0.299 e. The fourth-order valence-corrected chi connectivity index (χ4v) is 2.27. The summed E-state index contributed by atoms with van der Waals surface area (Å²) in [7, 11) is 1.91. The van der Waals surface area contributed by atoms with Gasteiger partial charge in [0.2, 0.25) is 0 Å². The number of carbonyl (C=O) groups excluding carboxylic acids is 1. The summed E-state index contributed by atoms with van der Waals surface area (Å²) >= 11 is 0. The van der Waals surface area contributed by atoms with Gasteiger partial charge in [0.1, 0.15) is 0 Å². The van der Waals surface area contributed by atoms with Crippen LogP contribution in [0.1, 0.15) is 18.4 Å². The maximum absolute atomic E-state index is 12.0. The summed E-state index contributed by atoms with van der Waals surface area (Å²) in [6.45, 7) is 1.67. The number of likely N-dealkylation sites (N-methyl/N-ethyl adjacent to an activating group) is 1. The lowest BCUT2D eigenvalue weighted by Gasteiger charge is -2.21. The fourth-order valence-electron chi connectivity index (χ4n) is 2.27. The predicted molar refractivity (Wildman–Crippen MR) is 72.0 cm³/mol. The number of benzene rings is 1. The quantitative estimate of drug-likeness (QED) is 0.792. The van der Waals surface area contributed by atoms with Gasteiger partial charge in [0.05, 0.1) is 0 Å². The Hall–Kier alpha value is -1.79. The Balaban J connectivity index is 2.02. The van der Waals surface area contributed by atoms with Crippen molar-refractivity contribution in [2.45, 2.75) is 18.9 Å². The van der Waals surface area contributed by atoms with Gasteiger partial charge in [-0.2, -0.15) is 0 Å². The first-order valence-corrected chi connectivity index (χ1v) is 6.33. The second-order valence-corrected chi connectivity index (χ2v) is 4.47. The van der Waals surface area contributed by atoms with Crippen LogP contribution in [-0.2, 0) is 4.79 Å². The highest BCUT2D eigenvalue weighted by Gasteiger charge is 2.26. The average molecular weight is 242 g/mol. The van der Waals surface area contributed by atoms with Crippen molar-refractivity contribution >= 4 is 5.91 Å². The van der Waals surface area contributed by atoms with Crippen molar-refractivity contribution in [3.63, 3.8) is 0 Å². The second-order valence-electron chi connectivity index (χ2n) is 4.47. The average Bonchev–Trinajstić information content (AvgIpc) is 2.86. The van der Waals surface area contributed by atoms with Crippen molar-refractivity contribution in [3.8, 4) is 11.8 Å². The van der Waals surface area contributed by atoms with Gasteiger partial charge in [-0.1, -0.05) is 24.1 Å². The first-order chi connectivity index (χ1) is 8.81. The molecular formula is C15H18N2O. The van der Waals surface area contributed by atoms with Crippen molar-refractivity contribution in [1.82, 2.24) is 10.2 Å². The van der Waals surface area contributed by atoms with E-state index in [0.717, 1.165) is 31.5 Å². The third kappa shape index (κ3) is 3.12. The number of rotatable bonds is 2. The molecule has 1 heterocycles. The van der Waals surface area contributed by atoms with E-state index in [1.54, 1.807) is 0 Å². The molecule has 0 bridgehead atoms. The van der Waals surface area contributed by atoms with Crippen molar-refractivity contribution in [2.24, 2.45) is 0 Å². The van der Waals surface area contributed by atoms with Crippen LogP contribution in [0.15, 0.2) is 30.3 Å². The Morgan fingerprint density at radius 1 is 1.44 bits per heavy atom. The maximum Gasteiger partial charge on any atom is 0.299 e. The number of hydrogen-bond donors (Lipinski definition) is 1. The molecule has 0 radical (unpaired) electrons. The van der Waals surface area contributed by atoms with E-state index in [4.69, 9.17) is 0 Å². The Labute approximate surface area is 108 Å². The van der Waals surface area contributed by atoms with Gasteiger partial charge in [-0.3, -0.25) is 4.79 Å². The largest absolute Gasteiger partial charge is 0.328 e. The zero-order valence-electron chi connectivity index (χ0n) is 10.6. The van der Waals surface area contributed by atoms with Gasteiger partial charge in [0.15, 0.2) is 0 Å². The highest BCUT2D eigenvalue weighted by atomic mass is 16.2. The van der Waals surface area contributed by atoms with Crippen LogP contribution in [0.5, 0.6) is 0 Å². The van der Waals surface area contributed by atoms with Gasteiger partial charge in [-0.05, 0) is 32.0 Å². The van der Waals surface area contributed by atoms with Crippen LogP contribution in [-0.4, -0.2) is 37.0 Å². The molecule has 0 aromatic heterocycles. The third-order valence-corrected chi connectivity index (χ3v) is 3.17. The summed E-state index contributed by atoms with van der Waals surface area (Å²) in [5.74, 6) is 5.60. The summed E-state index contributed by atoms with van der Waals surface area (Å²) in [5.41, 5.74) is 0.884. The number of carbonyl (C=O) groups is 1. The minimum absolute atomic E-state index is 0.0587. The summed E-state index contributed by atoms with van der Waals surface area (Å²) in [6.07, 6.45) is 2.14. The lowest BCUT2D eigenvalue weighted by atomic mass is 10.2. The molecule has 2 rings (SSSR count). The van der Waals surface area contributed by atoms with E-state index in [9.17, 15) is 4.79 Å². The molecule has 1 unspecified atom stereocenters. The monoisotopic (exact) mass is 242 g/mol. The molecule has 1 saturated heterocycles. The van der Waals surface area contributed by atoms with E-state index in [-0.39, 0.29) is 5.91 Å². The van der Waals surface area contributed by atoms with Crippen molar-refractivity contribution in [3.05, 3.63) is 35.9 Å². The van der Waals surface area contributed by atoms with Crippen LogP contribution in [0.25, 0.3) is 0 Å². The van der Waals surface area contributed by atoms with Crippen LogP contribution >= 0.6 is 0 Å². The molecule has 0 aliphatic carbocycles. The van der Waals surface area contributed by atoms with Gasteiger partial charge >= 0.3 is 0 Å². The molecule has 1 atom stereocenters. The van der Waals surface area contributed by atoms with Gasteiger partial charge in [-0.15, -0.1) is 0 Å². The first-order valence-electron chi connectivity index (χ1n) is 6.33. The molecule has 0 spiro atoms. The minimum Gasteiger partial charge on any atom is -0.328 e. The van der Waals surface area contributed by atoms with Crippen LogP contribution in [0.3, 0.4) is 0 Å². The number of hydrogen-bond acceptors (Lipinski definition) is 2. The van der Waals surface area contributed by atoms with E-state index < -0.39 is 0 Å². The minimum atomic E-state index is -0.0587. The van der Waals surface area contributed by atoms with Crippen LogP contribution in [0.4, 0.5) is 0 Å². The molecule has 1 aliphatic heterocycles. The molecule has 18 heavy (non-hydrogen) atoms. The topological polar surface area (TPSA) is 32.3 Å². The molecule has 1 N–H and O–H groups in total. The highest BCUT2D eigenvalue weighted by molar-refractivity contribution is 5.94. The molecule has 0 saturated carbocycles. The second kappa shape index (κ2) is 6.23. The third-order valence-electron chi connectivity index (χ3n) is 3.17. The van der Waals surface area contributed by atoms with E-state index in [0.29, 0.717) is 6.04 Å². The van der Waals surface area contributed by atoms with Crippen LogP contribution < -0.4 is 5.32 Å². The molecule has 3 nitrogen and oxygen atoms in total. The van der Waals surface area contributed by atoms with Crippen molar-refractivity contribution in [1.29, 1.82) is 0 Å². The molecule has 1 fully saturated rings. The Kier molecular flexibility index (Phi) is 4.38. The summed E-state index contributed by atoms with van der Waals surface area (Å²) < 4.78 is 0. The summed E-state index contributed by atoms with van der Waals surface area (Å²) in [4.78, 5) is 13.9. The molecule has 1 amide bonds. The molecule has 1 aliphatic rings. The fraction of sp³-hybridized carbons (Fsp3) is 0.400. The Morgan fingerprint density at radius 3 is 2.94 bits per heavy atom. The predicted octanol–water partition coefficient (Wildman–Crippen LogP) is 1.25. The maximum atomic E-state index is 12.0. The van der Waals surface area contributed by atoms with Crippen LogP contribution in [0.2, 0.25) is 0 Å². The number of amides is 1. The van der Waals surface area contributed by atoms with Crippen LogP contribution in [0, 0.1) is 11.8 Å². The zero-order valence-corrected chi connectivity index (χ0v) is 10.6. The summed E-state index contributed by atoms with van der Waals surface area (Å²) in [5, 5.41) is 3.13. The molecular weight excluding hydrogens is 224 g/mol. The van der Waals surface area contributed by atoms with E-state index in [2.05, 4.69) is 17.2 Å². The summed E-state index contributed by atoms with van der Waals surface area (Å²) in [6, 6.07) is 9.91. The van der Waals surface area contributed by atoms with E-state index >= 15 is 0 Å². The van der Waals surface area contributed by atoms with E-state index in [1.165, 1.54) is 0 Å². The number of likely N-dealkylation sites (tertiary alicyclic amines) is 1. The zero-order chi connectivity index (χ0) is 12.8. The highest BCUT2D eigenvalue weighted by Crippen LogP contribution is 2.16. The Morgan fingerprint density at radius 2 is 2.22 bits per heavy atom. The normalized spacial score (nSPS) is 18.3. The molecule has 1 aromatic carbocycles.